The standard InChI is InChI=1S/C15H17BrINO/c16-12-3-4-13(17)14(8-12)18-15(19)7-11-6-9-1-2-10(11)5-9/h3-4,8-11H,1-2,5-7H2,(H,18,19). The van der Waals surface area contributed by atoms with Crippen LogP contribution >= 0.6 is 38.5 Å². The number of carbonyl (C=O) groups is 1. The SMILES string of the molecule is O=C(CC1CC2CCC1C2)Nc1cc(Br)ccc1I. The van der Waals surface area contributed by atoms with Crippen LogP contribution in [0.15, 0.2) is 22.7 Å². The smallest absolute Gasteiger partial charge is 0.224 e. The zero-order chi connectivity index (χ0) is 13.4. The zero-order valence-corrected chi connectivity index (χ0v) is 14.4. The molecule has 3 unspecified atom stereocenters. The number of nitrogens with one attached hydrogen (secondary N) is 1. The maximum atomic E-state index is 12.2. The number of anilines is 1. The second kappa shape index (κ2) is 5.72. The predicted molar refractivity (Wildman–Crippen MR) is 89.0 cm³/mol. The summed E-state index contributed by atoms with van der Waals surface area (Å²) >= 11 is 5.70. The van der Waals surface area contributed by atoms with E-state index in [-0.39, 0.29) is 5.91 Å². The molecule has 2 nitrogen and oxygen atoms in total. The molecule has 1 N–H and O–H groups in total. The highest BCUT2D eigenvalue weighted by Gasteiger charge is 2.40. The van der Waals surface area contributed by atoms with Crippen LogP contribution < -0.4 is 5.32 Å². The molecule has 0 aromatic heterocycles. The van der Waals surface area contributed by atoms with Crippen LogP contribution in [0.3, 0.4) is 0 Å². The lowest BCUT2D eigenvalue weighted by Crippen LogP contribution is -2.20. The van der Waals surface area contributed by atoms with Crippen LogP contribution in [0.2, 0.25) is 0 Å². The molecular formula is C15H17BrINO. The number of rotatable bonds is 3. The average Bonchev–Trinajstić information content (AvgIpc) is 2.96. The predicted octanol–water partition coefficient (Wildman–Crippen LogP) is 4.82. The van der Waals surface area contributed by atoms with Crippen LogP contribution in [0, 0.1) is 21.3 Å². The quantitative estimate of drug-likeness (QED) is 0.680. The Morgan fingerprint density at radius 1 is 1.37 bits per heavy atom. The highest BCUT2D eigenvalue weighted by Crippen LogP contribution is 2.49. The van der Waals surface area contributed by atoms with E-state index >= 15 is 0 Å². The maximum absolute atomic E-state index is 12.2. The van der Waals surface area contributed by atoms with Gasteiger partial charge in [-0.15, -0.1) is 0 Å². The molecule has 1 amide bonds. The van der Waals surface area contributed by atoms with Gasteiger partial charge in [0.2, 0.25) is 5.91 Å². The van der Waals surface area contributed by atoms with E-state index in [1.54, 1.807) is 0 Å². The molecule has 19 heavy (non-hydrogen) atoms. The van der Waals surface area contributed by atoms with Crippen LogP contribution in [0.1, 0.15) is 32.1 Å². The van der Waals surface area contributed by atoms with Crippen LogP contribution in [-0.2, 0) is 4.79 Å². The Morgan fingerprint density at radius 3 is 2.89 bits per heavy atom. The normalized spacial score (nSPS) is 28.6. The van der Waals surface area contributed by atoms with Crippen molar-refractivity contribution in [1.29, 1.82) is 0 Å². The molecule has 0 radical (unpaired) electrons. The summed E-state index contributed by atoms with van der Waals surface area (Å²) in [4.78, 5) is 12.2. The van der Waals surface area contributed by atoms with E-state index in [1.165, 1.54) is 25.7 Å². The highest BCUT2D eigenvalue weighted by molar-refractivity contribution is 14.1. The molecule has 0 aliphatic heterocycles. The molecule has 2 fully saturated rings. The van der Waals surface area contributed by atoms with E-state index in [9.17, 15) is 4.79 Å². The van der Waals surface area contributed by atoms with Gasteiger partial charge in [0.15, 0.2) is 0 Å². The first-order valence-corrected chi connectivity index (χ1v) is 8.74. The Kier molecular flexibility index (Phi) is 4.17. The van der Waals surface area contributed by atoms with E-state index in [1.807, 2.05) is 18.2 Å². The summed E-state index contributed by atoms with van der Waals surface area (Å²) in [5, 5.41) is 3.06. The van der Waals surface area contributed by atoms with Crippen LogP contribution in [0.5, 0.6) is 0 Å². The van der Waals surface area contributed by atoms with Crippen LogP contribution in [0.25, 0.3) is 0 Å². The topological polar surface area (TPSA) is 29.1 Å². The van der Waals surface area contributed by atoms with Crippen molar-refractivity contribution in [3.05, 3.63) is 26.2 Å². The van der Waals surface area contributed by atoms with Gasteiger partial charge in [-0.3, -0.25) is 4.79 Å². The van der Waals surface area contributed by atoms with Crippen LogP contribution in [0.4, 0.5) is 5.69 Å². The van der Waals surface area contributed by atoms with Crippen molar-refractivity contribution in [3.63, 3.8) is 0 Å². The van der Waals surface area contributed by atoms with Gasteiger partial charge >= 0.3 is 0 Å². The Hall–Kier alpha value is -0.100. The van der Waals surface area contributed by atoms with Crippen molar-refractivity contribution in [2.24, 2.45) is 17.8 Å². The molecule has 1 aromatic carbocycles. The second-order valence-corrected chi connectivity index (χ2v) is 7.89. The molecule has 2 aliphatic carbocycles. The van der Waals surface area contributed by atoms with Gasteiger partial charge in [-0.1, -0.05) is 22.4 Å². The molecule has 0 saturated heterocycles. The summed E-state index contributed by atoms with van der Waals surface area (Å²) in [6, 6.07) is 5.98. The molecule has 3 rings (SSSR count). The summed E-state index contributed by atoms with van der Waals surface area (Å²) in [5.41, 5.74) is 0.920. The first-order valence-electron chi connectivity index (χ1n) is 6.86. The number of hydrogen-bond donors (Lipinski definition) is 1. The Balaban J connectivity index is 1.61. The summed E-state index contributed by atoms with van der Waals surface area (Å²) in [6.45, 7) is 0. The largest absolute Gasteiger partial charge is 0.325 e. The summed E-state index contributed by atoms with van der Waals surface area (Å²) < 4.78 is 2.09. The highest BCUT2D eigenvalue weighted by atomic mass is 127. The fourth-order valence-electron chi connectivity index (χ4n) is 3.66. The van der Waals surface area contributed by atoms with E-state index < -0.39 is 0 Å². The molecule has 1 aromatic rings. The Morgan fingerprint density at radius 2 is 2.21 bits per heavy atom. The fraction of sp³-hybridized carbons (Fsp3) is 0.533. The second-order valence-electron chi connectivity index (χ2n) is 5.81. The van der Waals surface area contributed by atoms with E-state index in [0.717, 1.165) is 25.6 Å². The Labute approximate surface area is 136 Å². The van der Waals surface area contributed by atoms with Crippen molar-refractivity contribution >= 4 is 50.1 Å². The summed E-state index contributed by atoms with van der Waals surface area (Å²) in [6.07, 6.45) is 6.08. The van der Waals surface area contributed by atoms with Gasteiger partial charge in [-0.05, 0) is 77.8 Å². The minimum Gasteiger partial charge on any atom is -0.325 e. The van der Waals surface area contributed by atoms with Gasteiger partial charge in [0.1, 0.15) is 0 Å². The Bertz CT molecular complexity index is 505. The molecule has 102 valence electrons. The van der Waals surface area contributed by atoms with E-state index in [0.29, 0.717) is 12.3 Å². The lowest BCUT2D eigenvalue weighted by Gasteiger charge is -2.21. The first kappa shape index (κ1) is 13.9. The molecule has 3 atom stereocenters. The van der Waals surface area contributed by atoms with Gasteiger partial charge in [0, 0.05) is 14.5 Å². The number of amides is 1. The number of benzene rings is 1. The van der Waals surface area contributed by atoms with Crippen LogP contribution in [-0.4, -0.2) is 5.91 Å². The third kappa shape index (κ3) is 3.15. The first-order chi connectivity index (χ1) is 9.11. The third-order valence-corrected chi connectivity index (χ3v) is 5.97. The number of fused-ring (bicyclic) bond motifs is 2. The minimum atomic E-state index is 0.175. The average molecular weight is 434 g/mol. The lowest BCUT2D eigenvalue weighted by molar-refractivity contribution is -0.117. The van der Waals surface area contributed by atoms with Gasteiger partial charge in [0.05, 0.1) is 5.69 Å². The van der Waals surface area contributed by atoms with Gasteiger partial charge in [0.25, 0.3) is 0 Å². The van der Waals surface area contributed by atoms with Crippen molar-refractivity contribution < 1.29 is 4.79 Å². The third-order valence-electron chi connectivity index (χ3n) is 4.53. The van der Waals surface area contributed by atoms with Gasteiger partial charge in [-0.2, -0.15) is 0 Å². The van der Waals surface area contributed by atoms with Crippen molar-refractivity contribution in [3.8, 4) is 0 Å². The number of carbonyl (C=O) groups excluding carboxylic acids is 1. The monoisotopic (exact) mass is 433 g/mol. The summed E-state index contributed by atoms with van der Waals surface area (Å²) in [7, 11) is 0. The van der Waals surface area contributed by atoms with Crippen molar-refractivity contribution in [1.82, 2.24) is 0 Å². The number of halogens is 2. The minimum absolute atomic E-state index is 0.175. The zero-order valence-electron chi connectivity index (χ0n) is 10.7. The van der Waals surface area contributed by atoms with Gasteiger partial charge < -0.3 is 5.32 Å². The number of hydrogen-bond acceptors (Lipinski definition) is 1. The van der Waals surface area contributed by atoms with Crippen molar-refractivity contribution in [2.75, 3.05) is 5.32 Å². The maximum Gasteiger partial charge on any atom is 0.224 e. The van der Waals surface area contributed by atoms with E-state index in [4.69, 9.17) is 0 Å². The molecule has 0 heterocycles. The molecule has 2 aliphatic rings. The van der Waals surface area contributed by atoms with Crippen molar-refractivity contribution in [2.45, 2.75) is 32.1 Å². The summed E-state index contributed by atoms with van der Waals surface area (Å²) in [5.74, 6) is 2.53. The molecule has 4 heteroatoms. The molecular weight excluding hydrogens is 417 g/mol. The lowest BCUT2D eigenvalue weighted by atomic mass is 9.86. The van der Waals surface area contributed by atoms with Gasteiger partial charge in [-0.25, -0.2) is 0 Å². The van der Waals surface area contributed by atoms with E-state index in [2.05, 4.69) is 43.8 Å². The molecule has 0 spiro atoms. The molecule has 2 saturated carbocycles. The molecule has 2 bridgehead atoms. The fourth-order valence-corrected chi connectivity index (χ4v) is 4.49.